The molecule has 0 saturated heterocycles. The molecule has 6 heteroatoms. The van der Waals surface area contributed by atoms with Crippen LogP contribution in [0.15, 0.2) is 12.4 Å². The van der Waals surface area contributed by atoms with Crippen molar-refractivity contribution in [1.82, 2.24) is 14.9 Å². The number of hydrogen-bond acceptors (Lipinski definition) is 5. The van der Waals surface area contributed by atoms with Crippen LogP contribution in [-0.2, 0) is 0 Å². The van der Waals surface area contributed by atoms with Gasteiger partial charge in [0.05, 0.1) is 12.4 Å². The van der Waals surface area contributed by atoms with E-state index in [0.717, 1.165) is 0 Å². The van der Waals surface area contributed by atoms with Crippen molar-refractivity contribution < 1.29 is 4.79 Å². The zero-order valence-corrected chi connectivity index (χ0v) is 9.06. The predicted molar refractivity (Wildman–Crippen MR) is 57.1 cm³/mol. The average molecular weight is 209 g/mol. The molecule has 1 heterocycles. The van der Waals surface area contributed by atoms with E-state index in [0.29, 0.717) is 11.5 Å². The van der Waals surface area contributed by atoms with Crippen LogP contribution in [0.3, 0.4) is 0 Å². The summed E-state index contributed by atoms with van der Waals surface area (Å²) in [6, 6.07) is 0.131. The predicted octanol–water partition coefficient (Wildman–Crippen LogP) is 0.243. The van der Waals surface area contributed by atoms with Crippen LogP contribution >= 0.6 is 0 Å². The van der Waals surface area contributed by atoms with Gasteiger partial charge in [0.15, 0.2) is 5.82 Å². The number of hydrogen-bond donors (Lipinski definition) is 2. The largest absolute Gasteiger partial charge is 0.338 e. The number of hydrazine groups is 1. The molecule has 0 spiro atoms. The molecule has 1 aromatic rings. The summed E-state index contributed by atoms with van der Waals surface area (Å²) in [5.41, 5.74) is 2.66. The second kappa shape index (κ2) is 4.70. The lowest BCUT2D eigenvalue weighted by atomic mass is 10.3. The Labute approximate surface area is 88.5 Å². The second-order valence-corrected chi connectivity index (χ2v) is 3.44. The highest BCUT2D eigenvalue weighted by Gasteiger charge is 2.15. The molecule has 0 aliphatic rings. The first-order chi connectivity index (χ1) is 7.06. The highest BCUT2D eigenvalue weighted by Crippen LogP contribution is 2.04. The molecule has 0 aromatic carbocycles. The molecule has 1 amide bonds. The standard InChI is InChI=1S/C9H15N5O/c1-6(2)14(3)9(15)7-4-12-8(13-10)5-11-7/h4-6H,10H2,1-3H3,(H,12,13). The molecule has 0 aliphatic heterocycles. The van der Waals surface area contributed by atoms with E-state index in [9.17, 15) is 4.79 Å². The van der Waals surface area contributed by atoms with E-state index in [1.54, 1.807) is 11.9 Å². The number of anilines is 1. The van der Waals surface area contributed by atoms with Gasteiger partial charge in [0.25, 0.3) is 5.91 Å². The molecule has 6 nitrogen and oxygen atoms in total. The quantitative estimate of drug-likeness (QED) is 0.550. The van der Waals surface area contributed by atoms with Crippen molar-refractivity contribution in [2.75, 3.05) is 12.5 Å². The zero-order valence-electron chi connectivity index (χ0n) is 9.06. The van der Waals surface area contributed by atoms with Gasteiger partial charge >= 0.3 is 0 Å². The third kappa shape index (κ3) is 2.63. The summed E-state index contributed by atoms with van der Waals surface area (Å²) in [6.07, 6.45) is 2.82. The Bertz CT molecular complexity index is 335. The fraction of sp³-hybridized carbons (Fsp3) is 0.444. The Morgan fingerprint density at radius 3 is 2.53 bits per heavy atom. The molecular formula is C9H15N5O. The molecule has 82 valence electrons. The molecule has 3 N–H and O–H groups in total. The fourth-order valence-electron chi connectivity index (χ4n) is 0.928. The van der Waals surface area contributed by atoms with Crippen molar-refractivity contribution >= 4 is 11.7 Å². The van der Waals surface area contributed by atoms with Gasteiger partial charge in [0.2, 0.25) is 0 Å². The van der Waals surface area contributed by atoms with Crippen molar-refractivity contribution in [3.63, 3.8) is 0 Å². The molecule has 0 atom stereocenters. The SMILES string of the molecule is CC(C)N(C)C(=O)c1cnc(NN)cn1. The first-order valence-corrected chi connectivity index (χ1v) is 4.62. The van der Waals surface area contributed by atoms with Crippen molar-refractivity contribution in [2.45, 2.75) is 19.9 Å². The van der Waals surface area contributed by atoms with Crippen molar-refractivity contribution in [1.29, 1.82) is 0 Å². The fourth-order valence-corrected chi connectivity index (χ4v) is 0.928. The Kier molecular flexibility index (Phi) is 3.56. The normalized spacial score (nSPS) is 10.2. The molecule has 0 aliphatic carbocycles. The smallest absolute Gasteiger partial charge is 0.274 e. The van der Waals surface area contributed by atoms with Gasteiger partial charge in [0, 0.05) is 13.1 Å². The van der Waals surface area contributed by atoms with Crippen LogP contribution in [0.2, 0.25) is 0 Å². The molecular weight excluding hydrogens is 194 g/mol. The minimum absolute atomic E-state index is 0.131. The Balaban J connectivity index is 2.83. The first-order valence-electron chi connectivity index (χ1n) is 4.62. The average Bonchev–Trinajstić information content (AvgIpc) is 2.27. The van der Waals surface area contributed by atoms with Gasteiger partial charge in [0.1, 0.15) is 5.69 Å². The maximum Gasteiger partial charge on any atom is 0.274 e. The van der Waals surface area contributed by atoms with Gasteiger partial charge in [-0.25, -0.2) is 15.8 Å². The number of nitrogen functional groups attached to an aromatic ring is 1. The zero-order chi connectivity index (χ0) is 11.4. The molecule has 15 heavy (non-hydrogen) atoms. The molecule has 0 saturated carbocycles. The molecule has 0 radical (unpaired) electrons. The van der Waals surface area contributed by atoms with Crippen LogP contribution in [0.1, 0.15) is 24.3 Å². The summed E-state index contributed by atoms with van der Waals surface area (Å²) in [4.78, 5) is 21.2. The molecule has 0 unspecified atom stereocenters. The number of amides is 1. The lowest BCUT2D eigenvalue weighted by Gasteiger charge is -2.20. The van der Waals surface area contributed by atoms with Crippen LogP contribution in [0.4, 0.5) is 5.82 Å². The lowest BCUT2D eigenvalue weighted by Crippen LogP contribution is -2.33. The molecule has 1 aromatic heterocycles. The number of nitrogens with one attached hydrogen (secondary N) is 1. The Hall–Kier alpha value is -1.69. The van der Waals surface area contributed by atoms with E-state index in [1.807, 2.05) is 13.8 Å². The van der Waals surface area contributed by atoms with Crippen LogP contribution in [-0.4, -0.2) is 33.9 Å². The first kappa shape index (κ1) is 11.4. The second-order valence-electron chi connectivity index (χ2n) is 3.44. The van der Waals surface area contributed by atoms with Crippen LogP contribution < -0.4 is 11.3 Å². The Morgan fingerprint density at radius 1 is 1.47 bits per heavy atom. The van der Waals surface area contributed by atoms with Gasteiger partial charge in [-0.3, -0.25) is 4.79 Å². The highest BCUT2D eigenvalue weighted by atomic mass is 16.2. The highest BCUT2D eigenvalue weighted by molar-refractivity contribution is 5.92. The van der Waals surface area contributed by atoms with Crippen LogP contribution in [0, 0.1) is 0 Å². The summed E-state index contributed by atoms with van der Waals surface area (Å²) < 4.78 is 0. The third-order valence-corrected chi connectivity index (χ3v) is 2.11. The number of aromatic nitrogens is 2. The van der Waals surface area contributed by atoms with E-state index >= 15 is 0 Å². The summed E-state index contributed by atoms with van der Waals surface area (Å²) in [7, 11) is 1.73. The Morgan fingerprint density at radius 2 is 2.13 bits per heavy atom. The van der Waals surface area contributed by atoms with E-state index in [2.05, 4.69) is 15.4 Å². The third-order valence-electron chi connectivity index (χ3n) is 2.11. The van der Waals surface area contributed by atoms with Gasteiger partial charge < -0.3 is 10.3 Å². The number of rotatable bonds is 3. The van der Waals surface area contributed by atoms with Gasteiger partial charge in [-0.1, -0.05) is 0 Å². The summed E-state index contributed by atoms with van der Waals surface area (Å²) in [5, 5.41) is 0. The molecule has 0 fully saturated rings. The van der Waals surface area contributed by atoms with Crippen LogP contribution in [0.5, 0.6) is 0 Å². The topological polar surface area (TPSA) is 84.1 Å². The summed E-state index contributed by atoms with van der Waals surface area (Å²) in [5.74, 6) is 5.41. The number of nitrogens with zero attached hydrogens (tertiary/aromatic N) is 3. The van der Waals surface area contributed by atoms with E-state index < -0.39 is 0 Å². The van der Waals surface area contributed by atoms with Crippen molar-refractivity contribution in [3.05, 3.63) is 18.1 Å². The van der Waals surface area contributed by atoms with Crippen molar-refractivity contribution in [2.24, 2.45) is 5.84 Å². The summed E-state index contributed by atoms with van der Waals surface area (Å²) in [6.45, 7) is 3.86. The molecule has 0 bridgehead atoms. The van der Waals surface area contributed by atoms with Gasteiger partial charge in [-0.15, -0.1) is 0 Å². The van der Waals surface area contributed by atoms with E-state index in [4.69, 9.17) is 5.84 Å². The minimum Gasteiger partial charge on any atom is -0.338 e. The number of carbonyl (C=O) groups is 1. The maximum absolute atomic E-state index is 11.8. The van der Waals surface area contributed by atoms with Crippen molar-refractivity contribution in [3.8, 4) is 0 Å². The lowest BCUT2D eigenvalue weighted by molar-refractivity contribution is 0.0748. The number of nitrogens with two attached hydrogens (primary N) is 1. The summed E-state index contributed by atoms with van der Waals surface area (Å²) >= 11 is 0. The van der Waals surface area contributed by atoms with Crippen LogP contribution in [0.25, 0.3) is 0 Å². The van der Waals surface area contributed by atoms with E-state index in [-0.39, 0.29) is 11.9 Å². The van der Waals surface area contributed by atoms with Gasteiger partial charge in [-0.05, 0) is 13.8 Å². The maximum atomic E-state index is 11.8. The minimum atomic E-state index is -0.152. The van der Waals surface area contributed by atoms with E-state index in [1.165, 1.54) is 12.4 Å². The number of carbonyl (C=O) groups excluding carboxylic acids is 1. The monoisotopic (exact) mass is 209 g/mol. The molecule has 1 rings (SSSR count). The van der Waals surface area contributed by atoms with Gasteiger partial charge in [-0.2, -0.15) is 0 Å².